The molecule has 0 unspecified atom stereocenters. The highest BCUT2D eigenvalue weighted by atomic mass is 16.2. The third-order valence-electron chi connectivity index (χ3n) is 2.96. The van der Waals surface area contributed by atoms with Crippen LogP contribution in [0.1, 0.15) is 23.6 Å². The van der Waals surface area contributed by atoms with Gasteiger partial charge in [0.05, 0.1) is 12.5 Å². The van der Waals surface area contributed by atoms with Crippen molar-refractivity contribution in [1.29, 1.82) is 0 Å². The number of carbonyl (C=O) groups is 1. The zero-order valence-corrected chi connectivity index (χ0v) is 9.42. The number of aromatic nitrogens is 3. The largest absolute Gasteiger partial charge is 0.295 e. The lowest BCUT2D eigenvalue weighted by Gasteiger charge is -2.23. The van der Waals surface area contributed by atoms with E-state index < -0.39 is 0 Å². The smallest absolute Gasteiger partial charge is 0.229 e. The molecule has 0 aliphatic carbocycles. The van der Waals surface area contributed by atoms with Crippen molar-refractivity contribution in [2.45, 2.75) is 19.4 Å². The topological polar surface area (TPSA) is 59.8 Å². The molecule has 5 heteroatoms. The minimum Gasteiger partial charge on any atom is -0.295 e. The summed E-state index contributed by atoms with van der Waals surface area (Å²) in [6.45, 7) is 2.04. The standard InChI is InChI=1S/C12H12N4O/c1-8-2-4-9(5-3-8)10-6-11(17)15-12-13-7-14-16(10)12/h2-5,7,10H,6H2,1H3,(H,13,14,15,17)/t10-/m1/s1. The van der Waals surface area contributed by atoms with E-state index in [0.717, 1.165) is 5.56 Å². The van der Waals surface area contributed by atoms with Crippen molar-refractivity contribution >= 4 is 11.9 Å². The number of hydrogen-bond acceptors (Lipinski definition) is 3. The Bertz CT molecular complexity index is 558. The van der Waals surface area contributed by atoms with Gasteiger partial charge in [0.2, 0.25) is 11.9 Å². The van der Waals surface area contributed by atoms with Crippen molar-refractivity contribution in [2.75, 3.05) is 5.32 Å². The van der Waals surface area contributed by atoms with E-state index in [2.05, 4.69) is 15.4 Å². The summed E-state index contributed by atoms with van der Waals surface area (Å²) >= 11 is 0. The fourth-order valence-electron chi connectivity index (χ4n) is 2.05. The molecule has 17 heavy (non-hydrogen) atoms. The molecule has 1 atom stereocenters. The van der Waals surface area contributed by atoms with Crippen molar-refractivity contribution in [3.63, 3.8) is 0 Å². The van der Waals surface area contributed by atoms with E-state index in [1.165, 1.54) is 11.9 Å². The van der Waals surface area contributed by atoms with Gasteiger partial charge in [0.15, 0.2) is 0 Å². The summed E-state index contributed by atoms with van der Waals surface area (Å²) in [4.78, 5) is 15.6. The molecule has 1 aromatic carbocycles. The van der Waals surface area contributed by atoms with Gasteiger partial charge >= 0.3 is 0 Å². The van der Waals surface area contributed by atoms with Crippen LogP contribution in [0.5, 0.6) is 0 Å². The first kappa shape index (κ1) is 10.0. The molecule has 0 bridgehead atoms. The normalized spacial score (nSPS) is 18.6. The molecule has 1 N–H and O–H groups in total. The SMILES string of the molecule is Cc1ccc([C@H]2CC(=O)Nc3ncnn32)cc1. The van der Waals surface area contributed by atoms with Crippen LogP contribution < -0.4 is 5.32 Å². The second kappa shape index (κ2) is 3.69. The molecular formula is C12H12N4O. The maximum atomic E-state index is 11.6. The first-order chi connectivity index (χ1) is 8.24. The Morgan fingerprint density at radius 2 is 2.12 bits per heavy atom. The Balaban J connectivity index is 2.04. The highest BCUT2D eigenvalue weighted by Crippen LogP contribution is 2.28. The summed E-state index contributed by atoms with van der Waals surface area (Å²) in [5.41, 5.74) is 2.28. The number of nitrogens with one attached hydrogen (secondary N) is 1. The predicted molar refractivity (Wildman–Crippen MR) is 62.6 cm³/mol. The number of fused-ring (bicyclic) bond motifs is 1. The van der Waals surface area contributed by atoms with Gasteiger partial charge in [0, 0.05) is 0 Å². The highest BCUT2D eigenvalue weighted by Gasteiger charge is 2.27. The second-order valence-corrected chi connectivity index (χ2v) is 4.21. The van der Waals surface area contributed by atoms with Crippen molar-refractivity contribution in [1.82, 2.24) is 14.8 Å². The molecule has 1 aromatic heterocycles. The number of aryl methyl sites for hydroxylation is 1. The number of nitrogens with zero attached hydrogens (tertiary/aromatic N) is 3. The van der Waals surface area contributed by atoms with Gasteiger partial charge in [0.1, 0.15) is 6.33 Å². The molecule has 1 amide bonds. The zero-order chi connectivity index (χ0) is 11.8. The lowest BCUT2D eigenvalue weighted by Crippen LogP contribution is -2.29. The van der Waals surface area contributed by atoms with E-state index in [1.54, 1.807) is 4.68 Å². The van der Waals surface area contributed by atoms with Gasteiger partial charge in [-0.05, 0) is 12.5 Å². The minimum absolute atomic E-state index is 0.0175. The van der Waals surface area contributed by atoms with Gasteiger partial charge < -0.3 is 0 Å². The number of anilines is 1. The number of amides is 1. The summed E-state index contributed by atoms with van der Waals surface area (Å²) in [5, 5.41) is 6.86. The molecule has 0 radical (unpaired) electrons. The van der Waals surface area contributed by atoms with Crippen LogP contribution in [0.4, 0.5) is 5.95 Å². The average Bonchev–Trinajstić information content (AvgIpc) is 2.77. The first-order valence-corrected chi connectivity index (χ1v) is 5.50. The van der Waals surface area contributed by atoms with Crippen LogP contribution in [0, 0.1) is 6.92 Å². The van der Waals surface area contributed by atoms with E-state index in [9.17, 15) is 4.79 Å². The third kappa shape index (κ3) is 1.69. The van der Waals surface area contributed by atoms with Crippen LogP contribution in [0.25, 0.3) is 0 Å². The molecule has 0 saturated carbocycles. The summed E-state index contributed by atoms with van der Waals surface area (Å²) < 4.78 is 1.76. The molecule has 0 spiro atoms. The molecule has 5 nitrogen and oxygen atoms in total. The van der Waals surface area contributed by atoms with E-state index in [0.29, 0.717) is 12.4 Å². The highest BCUT2D eigenvalue weighted by molar-refractivity contribution is 5.91. The Kier molecular flexibility index (Phi) is 2.18. The van der Waals surface area contributed by atoms with Crippen LogP contribution >= 0.6 is 0 Å². The molecule has 2 aromatic rings. The predicted octanol–water partition coefficient (Wildman–Crippen LogP) is 1.52. The molecule has 1 aliphatic heterocycles. The summed E-state index contributed by atoms with van der Waals surface area (Å²) in [6, 6.07) is 8.09. The van der Waals surface area contributed by atoms with Gasteiger partial charge in [-0.2, -0.15) is 10.1 Å². The number of hydrogen-bond donors (Lipinski definition) is 1. The average molecular weight is 228 g/mol. The van der Waals surface area contributed by atoms with Gasteiger partial charge in [-0.15, -0.1) is 0 Å². The molecule has 3 rings (SSSR count). The molecule has 0 fully saturated rings. The van der Waals surface area contributed by atoms with Crippen LogP contribution in [0.3, 0.4) is 0 Å². The first-order valence-electron chi connectivity index (χ1n) is 5.50. The van der Waals surface area contributed by atoms with Gasteiger partial charge in [0.25, 0.3) is 0 Å². The van der Waals surface area contributed by atoms with E-state index in [4.69, 9.17) is 0 Å². The van der Waals surface area contributed by atoms with Gasteiger partial charge in [-0.1, -0.05) is 29.8 Å². The number of carbonyl (C=O) groups excluding carboxylic acids is 1. The van der Waals surface area contributed by atoms with Gasteiger partial charge in [-0.3, -0.25) is 10.1 Å². The summed E-state index contributed by atoms with van der Waals surface area (Å²) in [7, 11) is 0. The van der Waals surface area contributed by atoms with E-state index in [-0.39, 0.29) is 11.9 Å². The maximum Gasteiger partial charge on any atom is 0.229 e. The van der Waals surface area contributed by atoms with Crippen LogP contribution in [-0.2, 0) is 4.79 Å². The molecule has 1 aliphatic rings. The Hall–Kier alpha value is -2.17. The van der Waals surface area contributed by atoms with Crippen LogP contribution in [-0.4, -0.2) is 20.7 Å². The van der Waals surface area contributed by atoms with Crippen molar-refractivity contribution in [3.05, 3.63) is 41.7 Å². The lowest BCUT2D eigenvalue weighted by atomic mass is 10.0. The molecule has 86 valence electrons. The lowest BCUT2D eigenvalue weighted by molar-refractivity contribution is -0.117. The Labute approximate surface area is 98.5 Å². The van der Waals surface area contributed by atoms with Crippen molar-refractivity contribution in [3.8, 4) is 0 Å². The maximum absolute atomic E-state index is 11.6. The minimum atomic E-state index is -0.0538. The number of benzene rings is 1. The number of rotatable bonds is 1. The van der Waals surface area contributed by atoms with E-state index >= 15 is 0 Å². The summed E-state index contributed by atoms with van der Waals surface area (Å²) in [5.74, 6) is 0.503. The van der Waals surface area contributed by atoms with Crippen molar-refractivity contribution < 1.29 is 4.79 Å². The van der Waals surface area contributed by atoms with Crippen LogP contribution in [0.2, 0.25) is 0 Å². The summed E-state index contributed by atoms with van der Waals surface area (Å²) in [6.07, 6.45) is 1.86. The second-order valence-electron chi connectivity index (χ2n) is 4.21. The Morgan fingerprint density at radius 1 is 1.35 bits per heavy atom. The van der Waals surface area contributed by atoms with E-state index in [1.807, 2.05) is 31.2 Å². The quantitative estimate of drug-likeness (QED) is 0.805. The monoisotopic (exact) mass is 228 g/mol. The third-order valence-corrected chi connectivity index (χ3v) is 2.96. The van der Waals surface area contributed by atoms with Crippen LogP contribution in [0.15, 0.2) is 30.6 Å². The molecular weight excluding hydrogens is 216 g/mol. The zero-order valence-electron chi connectivity index (χ0n) is 9.42. The molecule has 2 heterocycles. The van der Waals surface area contributed by atoms with Gasteiger partial charge in [-0.25, -0.2) is 4.68 Å². The van der Waals surface area contributed by atoms with Crippen molar-refractivity contribution in [2.24, 2.45) is 0 Å². The fourth-order valence-corrected chi connectivity index (χ4v) is 2.05. The fraction of sp³-hybridized carbons (Fsp3) is 0.250. The molecule has 0 saturated heterocycles. The Morgan fingerprint density at radius 3 is 2.88 bits per heavy atom.